The van der Waals surface area contributed by atoms with Crippen molar-refractivity contribution in [3.63, 3.8) is 0 Å². The minimum absolute atomic E-state index is 0.304. The molecule has 25 heavy (non-hydrogen) atoms. The van der Waals surface area contributed by atoms with Gasteiger partial charge in [0.1, 0.15) is 12.0 Å². The van der Waals surface area contributed by atoms with E-state index in [9.17, 15) is 4.79 Å². The number of hydrogen-bond acceptors (Lipinski definition) is 2. The maximum atomic E-state index is 11.9. The van der Waals surface area contributed by atoms with Crippen LogP contribution in [-0.2, 0) is 11.2 Å². The van der Waals surface area contributed by atoms with Crippen molar-refractivity contribution in [3.8, 4) is 5.75 Å². The SMILES string of the molecule is CC[C@]12CC[C@@H]3c4ccc(OC)cc4C[C@@H](C)[C@H]3[C@]13C[C@@H]3C[C@H]2C=O. The summed E-state index contributed by atoms with van der Waals surface area (Å²) in [7, 11) is 1.76. The zero-order chi connectivity index (χ0) is 17.4. The van der Waals surface area contributed by atoms with Gasteiger partial charge in [0.25, 0.3) is 0 Å². The van der Waals surface area contributed by atoms with Gasteiger partial charge in [-0.3, -0.25) is 0 Å². The van der Waals surface area contributed by atoms with Crippen molar-refractivity contribution < 1.29 is 9.53 Å². The smallest absolute Gasteiger partial charge is 0.123 e. The Morgan fingerprint density at radius 1 is 1.36 bits per heavy atom. The first kappa shape index (κ1) is 15.9. The van der Waals surface area contributed by atoms with Gasteiger partial charge in [-0.2, -0.15) is 0 Å². The molecule has 1 aromatic carbocycles. The number of hydrogen-bond donors (Lipinski definition) is 0. The topological polar surface area (TPSA) is 26.3 Å². The standard InChI is InChI=1S/C23H30O2/c1-4-22-8-7-20-19-6-5-18(25-3)10-15(19)9-14(2)21(20)23(22)12-16(23)11-17(22)13-24/h5-6,10,13-14,16-17,20-21H,4,7-9,11-12H2,1-3H3/t14-,16+,17+,20-,21-,22-,23-/m1/s1. The van der Waals surface area contributed by atoms with Crippen LogP contribution in [0.5, 0.6) is 5.75 Å². The summed E-state index contributed by atoms with van der Waals surface area (Å²) in [6, 6.07) is 6.77. The highest BCUT2D eigenvalue weighted by Gasteiger charge is 2.78. The molecule has 2 heteroatoms. The Labute approximate surface area is 151 Å². The lowest BCUT2D eigenvalue weighted by atomic mass is 9.48. The van der Waals surface area contributed by atoms with Crippen molar-refractivity contribution in [2.45, 2.75) is 58.3 Å². The van der Waals surface area contributed by atoms with Crippen molar-refractivity contribution in [1.29, 1.82) is 0 Å². The molecule has 4 aliphatic carbocycles. The van der Waals surface area contributed by atoms with Gasteiger partial charge in [-0.25, -0.2) is 0 Å². The monoisotopic (exact) mass is 338 g/mol. The van der Waals surface area contributed by atoms with Gasteiger partial charge >= 0.3 is 0 Å². The largest absolute Gasteiger partial charge is 0.497 e. The van der Waals surface area contributed by atoms with E-state index in [0.717, 1.165) is 17.6 Å². The second-order valence-electron chi connectivity index (χ2n) is 9.35. The Balaban J connectivity index is 1.60. The van der Waals surface area contributed by atoms with Crippen LogP contribution in [0.3, 0.4) is 0 Å². The van der Waals surface area contributed by atoms with Crippen molar-refractivity contribution in [2.75, 3.05) is 7.11 Å². The van der Waals surface area contributed by atoms with Crippen LogP contribution < -0.4 is 4.74 Å². The Hall–Kier alpha value is -1.31. The molecule has 3 saturated carbocycles. The number of carbonyl (C=O) groups excluding carboxylic acids is 1. The molecule has 0 saturated heterocycles. The molecule has 0 aromatic heterocycles. The minimum atomic E-state index is 0.304. The number of methoxy groups -OCH3 is 1. The second-order valence-corrected chi connectivity index (χ2v) is 9.35. The summed E-state index contributed by atoms with van der Waals surface area (Å²) in [5.41, 5.74) is 3.87. The van der Waals surface area contributed by atoms with E-state index in [2.05, 4.69) is 32.0 Å². The third-order valence-electron chi connectivity index (χ3n) is 8.96. The van der Waals surface area contributed by atoms with Gasteiger partial charge in [-0.05, 0) is 96.3 Å². The van der Waals surface area contributed by atoms with Crippen molar-refractivity contribution >= 4 is 6.29 Å². The molecule has 2 nitrogen and oxygen atoms in total. The van der Waals surface area contributed by atoms with Gasteiger partial charge in [0.05, 0.1) is 7.11 Å². The third kappa shape index (κ3) is 1.74. The normalized spacial score (nSPS) is 46.4. The molecule has 4 aliphatic rings. The van der Waals surface area contributed by atoms with Crippen LogP contribution in [0.15, 0.2) is 18.2 Å². The average Bonchev–Trinajstić information content (AvgIpc) is 3.27. The summed E-state index contributed by atoms with van der Waals surface area (Å²) in [5.74, 6) is 4.31. The highest BCUT2D eigenvalue weighted by atomic mass is 16.5. The third-order valence-corrected chi connectivity index (χ3v) is 8.96. The summed E-state index contributed by atoms with van der Waals surface area (Å²) < 4.78 is 5.47. The molecular weight excluding hydrogens is 308 g/mol. The summed E-state index contributed by atoms with van der Waals surface area (Å²) in [4.78, 5) is 11.9. The molecular formula is C23H30O2. The molecule has 1 spiro atoms. The Kier molecular flexibility index (Phi) is 3.25. The maximum Gasteiger partial charge on any atom is 0.123 e. The van der Waals surface area contributed by atoms with Gasteiger partial charge in [0.15, 0.2) is 0 Å². The molecule has 0 unspecified atom stereocenters. The lowest BCUT2D eigenvalue weighted by Gasteiger charge is -2.56. The summed E-state index contributed by atoms with van der Waals surface area (Å²) in [6.07, 6.45) is 8.77. The van der Waals surface area contributed by atoms with Gasteiger partial charge in [0.2, 0.25) is 0 Å². The fourth-order valence-corrected chi connectivity index (χ4v) is 8.17. The maximum absolute atomic E-state index is 11.9. The number of rotatable bonds is 3. The zero-order valence-corrected chi connectivity index (χ0v) is 15.8. The van der Waals surface area contributed by atoms with Crippen LogP contribution >= 0.6 is 0 Å². The van der Waals surface area contributed by atoms with E-state index in [1.807, 2.05) is 0 Å². The summed E-state index contributed by atoms with van der Waals surface area (Å²) >= 11 is 0. The highest BCUT2D eigenvalue weighted by molar-refractivity contribution is 5.59. The van der Waals surface area contributed by atoms with E-state index in [-0.39, 0.29) is 0 Å². The predicted molar refractivity (Wildman–Crippen MR) is 98.8 cm³/mol. The van der Waals surface area contributed by atoms with Crippen LogP contribution in [0.1, 0.15) is 63.0 Å². The molecule has 0 heterocycles. The molecule has 1 aromatic rings. The fraction of sp³-hybridized carbons (Fsp3) is 0.696. The number of aldehydes is 1. The molecule has 0 aliphatic heterocycles. The first-order valence-electron chi connectivity index (χ1n) is 10.2. The molecule has 0 amide bonds. The molecule has 134 valence electrons. The second kappa shape index (κ2) is 5.11. The van der Waals surface area contributed by atoms with E-state index < -0.39 is 0 Å². The number of carbonyl (C=O) groups is 1. The molecule has 3 fully saturated rings. The molecule has 0 N–H and O–H groups in total. The number of fused-ring (bicyclic) bond motifs is 3. The lowest BCUT2D eigenvalue weighted by molar-refractivity contribution is -0.120. The Bertz CT molecular complexity index is 725. The zero-order valence-electron chi connectivity index (χ0n) is 15.8. The van der Waals surface area contributed by atoms with Crippen molar-refractivity contribution in [2.24, 2.45) is 34.5 Å². The summed E-state index contributed by atoms with van der Waals surface area (Å²) in [5, 5.41) is 0. The molecule has 5 rings (SSSR count). The van der Waals surface area contributed by atoms with Gasteiger partial charge < -0.3 is 9.53 Å². The first-order valence-corrected chi connectivity index (χ1v) is 10.2. The molecule has 0 bridgehead atoms. The molecule has 0 radical (unpaired) electrons. The van der Waals surface area contributed by atoms with Crippen molar-refractivity contribution in [1.82, 2.24) is 0 Å². The summed E-state index contributed by atoms with van der Waals surface area (Å²) in [6.45, 7) is 4.83. The van der Waals surface area contributed by atoms with Crippen LogP contribution in [0, 0.1) is 34.5 Å². The van der Waals surface area contributed by atoms with E-state index in [1.54, 1.807) is 12.7 Å². The Morgan fingerprint density at radius 3 is 2.92 bits per heavy atom. The predicted octanol–water partition coefficient (Wildman–Crippen LogP) is 5.00. The number of benzene rings is 1. The van der Waals surface area contributed by atoms with E-state index in [0.29, 0.717) is 28.6 Å². The van der Waals surface area contributed by atoms with Crippen LogP contribution in [0.25, 0.3) is 0 Å². The molecule has 7 atom stereocenters. The minimum Gasteiger partial charge on any atom is -0.497 e. The van der Waals surface area contributed by atoms with Crippen LogP contribution in [0.2, 0.25) is 0 Å². The van der Waals surface area contributed by atoms with Crippen molar-refractivity contribution in [3.05, 3.63) is 29.3 Å². The first-order chi connectivity index (χ1) is 12.1. The lowest BCUT2D eigenvalue weighted by Crippen LogP contribution is -2.50. The average molecular weight is 338 g/mol. The van der Waals surface area contributed by atoms with Crippen LogP contribution in [-0.4, -0.2) is 13.4 Å². The fourth-order valence-electron chi connectivity index (χ4n) is 8.17. The van der Waals surface area contributed by atoms with Crippen LogP contribution in [0.4, 0.5) is 0 Å². The van der Waals surface area contributed by atoms with Gasteiger partial charge in [-0.1, -0.05) is 19.9 Å². The van der Waals surface area contributed by atoms with E-state index >= 15 is 0 Å². The Morgan fingerprint density at radius 2 is 2.20 bits per heavy atom. The van der Waals surface area contributed by atoms with Gasteiger partial charge in [-0.15, -0.1) is 0 Å². The quantitative estimate of drug-likeness (QED) is 0.725. The van der Waals surface area contributed by atoms with Gasteiger partial charge in [0, 0.05) is 5.92 Å². The van der Waals surface area contributed by atoms with E-state index in [1.165, 1.54) is 50.4 Å². The van der Waals surface area contributed by atoms with E-state index in [4.69, 9.17) is 4.74 Å². The number of ether oxygens (including phenoxy) is 1. The highest BCUT2D eigenvalue weighted by Crippen LogP contribution is 2.84.